The second-order valence-corrected chi connectivity index (χ2v) is 6.44. The predicted molar refractivity (Wildman–Crippen MR) is 88.7 cm³/mol. The van der Waals surface area contributed by atoms with Gasteiger partial charge in [0.05, 0.1) is 13.2 Å². The van der Waals surface area contributed by atoms with E-state index in [0.717, 1.165) is 64.7 Å². The van der Waals surface area contributed by atoms with Gasteiger partial charge in [-0.2, -0.15) is 0 Å². The minimum atomic E-state index is -0.569. The Hall–Kier alpha value is -1.22. The highest BCUT2D eigenvalue weighted by atomic mass is 16.5. The molecule has 2 amide bonds. The van der Waals surface area contributed by atoms with Crippen LogP contribution in [0.1, 0.15) is 38.5 Å². The van der Waals surface area contributed by atoms with Gasteiger partial charge in [0.2, 0.25) is 0 Å². The van der Waals surface area contributed by atoms with Gasteiger partial charge in [0.1, 0.15) is 0 Å². The van der Waals surface area contributed by atoms with E-state index in [4.69, 9.17) is 20.9 Å². The van der Waals surface area contributed by atoms with Gasteiger partial charge in [-0.25, -0.2) is 0 Å². The first-order chi connectivity index (χ1) is 11.6. The first-order valence-corrected chi connectivity index (χ1v) is 8.89. The van der Waals surface area contributed by atoms with Gasteiger partial charge in [-0.05, 0) is 25.7 Å². The first kappa shape index (κ1) is 19.1. The van der Waals surface area contributed by atoms with Crippen molar-refractivity contribution in [2.45, 2.75) is 51.0 Å². The standard InChI is InChI=1S/C16H30N4O4/c17-13(21)15-19(9-5-11-23-15)7-3-1-2-4-8-20-10-6-12-24-16(20)14(18)22/h15-16H,1-12H2,(H2,17,21)(H2,18,22). The molecule has 2 aliphatic heterocycles. The first-order valence-electron chi connectivity index (χ1n) is 8.89. The van der Waals surface area contributed by atoms with Crippen molar-refractivity contribution in [3.8, 4) is 0 Å². The molecule has 2 heterocycles. The summed E-state index contributed by atoms with van der Waals surface area (Å²) in [6.45, 7) is 4.57. The monoisotopic (exact) mass is 342 g/mol. The van der Waals surface area contributed by atoms with Crippen molar-refractivity contribution in [3.05, 3.63) is 0 Å². The summed E-state index contributed by atoms with van der Waals surface area (Å²) < 4.78 is 10.9. The van der Waals surface area contributed by atoms with Gasteiger partial charge in [-0.3, -0.25) is 19.4 Å². The highest BCUT2D eigenvalue weighted by Gasteiger charge is 2.28. The Balaban J connectivity index is 1.59. The molecule has 8 nitrogen and oxygen atoms in total. The zero-order valence-corrected chi connectivity index (χ0v) is 14.3. The van der Waals surface area contributed by atoms with E-state index < -0.39 is 24.3 Å². The Morgan fingerprint density at radius 2 is 1.21 bits per heavy atom. The van der Waals surface area contributed by atoms with Crippen molar-refractivity contribution in [3.63, 3.8) is 0 Å². The summed E-state index contributed by atoms with van der Waals surface area (Å²) in [5.74, 6) is -0.811. The van der Waals surface area contributed by atoms with E-state index >= 15 is 0 Å². The van der Waals surface area contributed by atoms with E-state index in [9.17, 15) is 9.59 Å². The zero-order valence-electron chi connectivity index (χ0n) is 14.3. The van der Waals surface area contributed by atoms with Crippen molar-refractivity contribution >= 4 is 11.8 Å². The normalized spacial score (nSPS) is 26.3. The molecule has 2 atom stereocenters. The number of nitrogens with zero attached hydrogens (tertiary/aromatic N) is 2. The van der Waals surface area contributed by atoms with Gasteiger partial charge in [0.25, 0.3) is 11.8 Å². The molecule has 2 unspecified atom stereocenters. The van der Waals surface area contributed by atoms with E-state index in [0.29, 0.717) is 13.2 Å². The molecule has 8 heteroatoms. The van der Waals surface area contributed by atoms with Crippen LogP contribution in [0.5, 0.6) is 0 Å². The molecule has 0 aromatic carbocycles. The lowest BCUT2D eigenvalue weighted by molar-refractivity contribution is -0.151. The molecule has 2 saturated heterocycles. The molecule has 0 aromatic rings. The second-order valence-electron chi connectivity index (χ2n) is 6.44. The zero-order chi connectivity index (χ0) is 17.4. The fourth-order valence-corrected chi connectivity index (χ4v) is 3.34. The minimum Gasteiger partial charge on any atom is -0.366 e. The van der Waals surface area contributed by atoms with Crippen LogP contribution in [0.4, 0.5) is 0 Å². The number of amides is 2. The topological polar surface area (TPSA) is 111 Å². The molecule has 138 valence electrons. The molecular formula is C16H30N4O4. The Morgan fingerprint density at radius 1 is 0.792 bits per heavy atom. The molecular weight excluding hydrogens is 312 g/mol. The van der Waals surface area contributed by atoms with Crippen LogP contribution in [0.25, 0.3) is 0 Å². The van der Waals surface area contributed by atoms with Crippen LogP contribution < -0.4 is 11.5 Å². The Morgan fingerprint density at radius 3 is 1.58 bits per heavy atom. The van der Waals surface area contributed by atoms with Crippen molar-refractivity contribution in [2.75, 3.05) is 39.4 Å². The summed E-state index contributed by atoms with van der Waals surface area (Å²) in [6.07, 6.45) is 4.88. The molecule has 0 spiro atoms. The van der Waals surface area contributed by atoms with Crippen molar-refractivity contribution in [2.24, 2.45) is 11.5 Å². The van der Waals surface area contributed by atoms with E-state index in [1.54, 1.807) is 0 Å². The van der Waals surface area contributed by atoms with Crippen LogP contribution in [-0.4, -0.2) is 73.5 Å². The van der Waals surface area contributed by atoms with E-state index in [2.05, 4.69) is 0 Å². The minimum absolute atomic E-state index is 0.405. The molecule has 4 N–H and O–H groups in total. The number of ether oxygens (including phenoxy) is 2. The molecule has 0 saturated carbocycles. The number of primary amides is 2. The summed E-state index contributed by atoms with van der Waals surface area (Å²) in [5.41, 5.74) is 10.7. The van der Waals surface area contributed by atoms with Gasteiger partial charge in [0, 0.05) is 26.2 Å². The summed E-state index contributed by atoms with van der Waals surface area (Å²) in [6, 6.07) is 0. The third-order valence-electron chi connectivity index (χ3n) is 4.52. The molecule has 2 fully saturated rings. The maximum Gasteiger partial charge on any atom is 0.261 e. The third-order valence-corrected chi connectivity index (χ3v) is 4.52. The maximum absolute atomic E-state index is 11.4. The molecule has 24 heavy (non-hydrogen) atoms. The van der Waals surface area contributed by atoms with Crippen LogP contribution >= 0.6 is 0 Å². The summed E-state index contributed by atoms with van der Waals surface area (Å²) in [4.78, 5) is 26.8. The molecule has 0 aliphatic carbocycles. The second kappa shape index (κ2) is 9.93. The smallest absolute Gasteiger partial charge is 0.261 e. The largest absolute Gasteiger partial charge is 0.366 e. The molecule has 2 rings (SSSR count). The number of hydrogen-bond acceptors (Lipinski definition) is 6. The fraction of sp³-hybridized carbons (Fsp3) is 0.875. The average molecular weight is 342 g/mol. The highest BCUT2D eigenvalue weighted by molar-refractivity contribution is 5.78. The van der Waals surface area contributed by atoms with Crippen LogP contribution in [0, 0.1) is 0 Å². The van der Waals surface area contributed by atoms with Crippen LogP contribution in [0.2, 0.25) is 0 Å². The Labute approximate surface area is 143 Å². The predicted octanol–water partition coefficient (Wildman–Crippen LogP) is -0.386. The maximum atomic E-state index is 11.4. The number of unbranched alkanes of at least 4 members (excludes halogenated alkanes) is 3. The summed E-state index contributed by atoms with van der Waals surface area (Å²) >= 11 is 0. The number of rotatable bonds is 9. The SMILES string of the molecule is NC(=O)C1OCCCN1CCCCCCN1CCCOC1C(N)=O. The number of nitrogens with two attached hydrogens (primary N) is 2. The molecule has 0 radical (unpaired) electrons. The van der Waals surface area contributed by atoms with Crippen LogP contribution in [0.15, 0.2) is 0 Å². The summed E-state index contributed by atoms with van der Waals surface area (Å²) in [5, 5.41) is 0. The Bertz CT molecular complexity index is 383. The van der Waals surface area contributed by atoms with Gasteiger partial charge in [-0.15, -0.1) is 0 Å². The van der Waals surface area contributed by atoms with Gasteiger partial charge in [-0.1, -0.05) is 12.8 Å². The lowest BCUT2D eigenvalue weighted by Gasteiger charge is -2.34. The van der Waals surface area contributed by atoms with Crippen molar-refractivity contribution < 1.29 is 19.1 Å². The van der Waals surface area contributed by atoms with Gasteiger partial charge in [0.15, 0.2) is 12.5 Å². The van der Waals surface area contributed by atoms with Crippen LogP contribution in [-0.2, 0) is 19.1 Å². The molecule has 0 bridgehead atoms. The number of hydrogen-bond donors (Lipinski definition) is 2. The van der Waals surface area contributed by atoms with E-state index in [1.165, 1.54) is 0 Å². The Kier molecular flexibility index (Phi) is 7.90. The average Bonchev–Trinajstić information content (AvgIpc) is 2.58. The molecule has 0 aromatic heterocycles. The van der Waals surface area contributed by atoms with Gasteiger partial charge < -0.3 is 20.9 Å². The van der Waals surface area contributed by atoms with Crippen molar-refractivity contribution in [1.29, 1.82) is 0 Å². The van der Waals surface area contributed by atoms with E-state index in [-0.39, 0.29) is 0 Å². The highest BCUT2D eigenvalue weighted by Crippen LogP contribution is 2.14. The number of carbonyl (C=O) groups is 2. The molecule has 2 aliphatic rings. The number of carbonyl (C=O) groups excluding carboxylic acids is 2. The quantitative estimate of drug-likeness (QED) is 0.552. The van der Waals surface area contributed by atoms with Crippen molar-refractivity contribution in [1.82, 2.24) is 9.80 Å². The lowest BCUT2D eigenvalue weighted by Crippen LogP contribution is -2.50. The lowest BCUT2D eigenvalue weighted by atomic mass is 10.1. The van der Waals surface area contributed by atoms with Gasteiger partial charge >= 0.3 is 0 Å². The van der Waals surface area contributed by atoms with E-state index in [1.807, 2.05) is 9.80 Å². The summed E-state index contributed by atoms with van der Waals surface area (Å²) in [7, 11) is 0. The third kappa shape index (κ3) is 5.70. The van der Waals surface area contributed by atoms with Crippen LogP contribution in [0.3, 0.4) is 0 Å². The fourth-order valence-electron chi connectivity index (χ4n) is 3.34.